The number of carbonyl (C=O) groups is 1. The first-order valence-corrected chi connectivity index (χ1v) is 7.93. The summed E-state index contributed by atoms with van der Waals surface area (Å²) in [5.41, 5.74) is 1.37. The van der Waals surface area contributed by atoms with Gasteiger partial charge in [-0.15, -0.1) is 10.2 Å². The van der Waals surface area contributed by atoms with Gasteiger partial charge in [-0.3, -0.25) is 18.6 Å². The van der Waals surface area contributed by atoms with E-state index in [2.05, 4.69) is 15.5 Å². The Labute approximate surface area is 146 Å². The van der Waals surface area contributed by atoms with E-state index in [-0.39, 0.29) is 12.2 Å². The van der Waals surface area contributed by atoms with Gasteiger partial charge in [0.25, 0.3) is 5.56 Å². The molecule has 0 unspecified atom stereocenters. The van der Waals surface area contributed by atoms with Crippen molar-refractivity contribution in [3.05, 3.63) is 70.5 Å². The molecule has 7 nitrogen and oxygen atoms in total. The first-order valence-electron chi connectivity index (χ1n) is 7.93. The van der Waals surface area contributed by atoms with E-state index in [1.54, 1.807) is 29.5 Å². The van der Waals surface area contributed by atoms with Crippen LogP contribution in [0.5, 0.6) is 0 Å². The molecule has 26 heavy (non-hydrogen) atoms. The van der Waals surface area contributed by atoms with Crippen molar-refractivity contribution in [3.8, 4) is 0 Å². The molecule has 0 atom stereocenters. The Kier molecular flexibility index (Phi) is 3.72. The minimum Gasteiger partial charge on any atom is -0.324 e. The number of halogens is 1. The van der Waals surface area contributed by atoms with Crippen LogP contribution in [0.2, 0.25) is 0 Å². The Hall–Kier alpha value is -3.55. The molecule has 0 spiro atoms. The first kappa shape index (κ1) is 15.9. The standard InChI is InChI=1S/C18H14FN5O2/c1-11-21-22-17-18(26)23(14-7-2-3-8-15(14)24(11)17)10-16(25)20-13-6-4-5-12(19)9-13/h2-9H,10H2,1H3,(H,20,25). The predicted molar refractivity (Wildman–Crippen MR) is 94.5 cm³/mol. The third-order valence-electron chi connectivity index (χ3n) is 4.08. The van der Waals surface area contributed by atoms with Gasteiger partial charge >= 0.3 is 0 Å². The maximum atomic E-state index is 13.3. The van der Waals surface area contributed by atoms with E-state index in [9.17, 15) is 14.0 Å². The number of nitrogens with one attached hydrogen (secondary N) is 1. The molecule has 0 aliphatic rings. The largest absolute Gasteiger partial charge is 0.324 e. The molecule has 130 valence electrons. The van der Waals surface area contributed by atoms with Crippen LogP contribution in [0.25, 0.3) is 16.7 Å². The molecule has 0 bridgehead atoms. The van der Waals surface area contributed by atoms with Gasteiger partial charge in [0.1, 0.15) is 18.2 Å². The molecule has 2 aromatic carbocycles. The van der Waals surface area contributed by atoms with Crippen molar-refractivity contribution in [2.75, 3.05) is 5.32 Å². The van der Waals surface area contributed by atoms with Gasteiger partial charge in [-0.1, -0.05) is 18.2 Å². The van der Waals surface area contributed by atoms with Crippen molar-refractivity contribution in [2.45, 2.75) is 13.5 Å². The van der Waals surface area contributed by atoms with Gasteiger partial charge in [0.2, 0.25) is 11.6 Å². The second-order valence-electron chi connectivity index (χ2n) is 5.84. The Bertz CT molecular complexity index is 1210. The van der Waals surface area contributed by atoms with E-state index in [1.807, 2.05) is 12.1 Å². The minimum atomic E-state index is -0.453. The van der Waals surface area contributed by atoms with Gasteiger partial charge in [0.15, 0.2) is 0 Å². The Balaban J connectivity index is 1.79. The molecule has 2 aromatic heterocycles. The number of hydrogen-bond acceptors (Lipinski definition) is 4. The van der Waals surface area contributed by atoms with E-state index in [1.165, 1.54) is 22.8 Å². The van der Waals surface area contributed by atoms with Crippen LogP contribution in [-0.2, 0) is 11.3 Å². The quantitative estimate of drug-likeness (QED) is 0.613. The highest BCUT2D eigenvalue weighted by molar-refractivity contribution is 5.91. The lowest BCUT2D eigenvalue weighted by molar-refractivity contribution is -0.116. The average Bonchev–Trinajstić information content (AvgIpc) is 3.01. The van der Waals surface area contributed by atoms with Gasteiger partial charge in [0.05, 0.1) is 11.0 Å². The van der Waals surface area contributed by atoms with Crippen molar-refractivity contribution in [3.63, 3.8) is 0 Å². The highest BCUT2D eigenvalue weighted by atomic mass is 19.1. The molecule has 8 heteroatoms. The van der Waals surface area contributed by atoms with Crippen LogP contribution in [0.1, 0.15) is 5.82 Å². The molecule has 4 rings (SSSR count). The lowest BCUT2D eigenvalue weighted by Crippen LogP contribution is -2.29. The fourth-order valence-corrected chi connectivity index (χ4v) is 2.97. The van der Waals surface area contributed by atoms with Crippen molar-refractivity contribution in [2.24, 2.45) is 0 Å². The number of carbonyl (C=O) groups excluding carboxylic acids is 1. The van der Waals surface area contributed by atoms with Crippen LogP contribution in [0.4, 0.5) is 10.1 Å². The number of anilines is 1. The molecule has 2 heterocycles. The van der Waals surface area contributed by atoms with E-state index >= 15 is 0 Å². The molecule has 0 fully saturated rings. The molecule has 4 aromatic rings. The number of hydrogen-bond donors (Lipinski definition) is 1. The number of fused-ring (bicyclic) bond motifs is 3. The number of amides is 1. The maximum Gasteiger partial charge on any atom is 0.297 e. The molecular formula is C18H14FN5O2. The second kappa shape index (κ2) is 6.07. The summed E-state index contributed by atoms with van der Waals surface area (Å²) in [5, 5.41) is 10.5. The summed E-state index contributed by atoms with van der Waals surface area (Å²) in [5.74, 6) is -0.307. The van der Waals surface area contributed by atoms with Crippen molar-refractivity contribution in [1.82, 2.24) is 19.2 Å². The predicted octanol–water partition coefficient (Wildman–Crippen LogP) is 2.13. The lowest BCUT2D eigenvalue weighted by atomic mass is 10.2. The highest BCUT2D eigenvalue weighted by Crippen LogP contribution is 2.15. The summed E-state index contributed by atoms with van der Waals surface area (Å²) in [4.78, 5) is 25.2. The third-order valence-corrected chi connectivity index (χ3v) is 4.08. The average molecular weight is 351 g/mol. The zero-order valence-electron chi connectivity index (χ0n) is 13.8. The number of benzene rings is 2. The fourth-order valence-electron chi connectivity index (χ4n) is 2.97. The summed E-state index contributed by atoms with van der Waals surface area (Å²) in [6, 6.07) is 12.8. The van der Waals surface area contributed by atoms with E-state index in [4.69, 9.17) is 0 Å². The number of aromatic nitrogens is 4. The number of rotatable bonds is 3. The molecule has 0 radical (unpaired) electrons. The van der Waals surface area contributed by atoms with Gasteiger partial charge < -0.3 is 5.32 Å². The smallest absolute Gasteiger partial charge is 0.297 e. The number of para-hydroxylation sites is 2. The lowest BCUT2D eigenvalue weighted by Gasteiger charge is -2.12. The van der Waals surface area contributed by atoms with Crippen LogP contribution in [0, 0.1) is 12.7 Å². The molecule has 0 aliphatic heterocycles. The Morgan fingerprint density at radius 2 is 1.88 bits per heavy atom. The number of nitrogens with zero attached hydrogens (tertiary/aromatic N) is 4. The molecule has 0 saturated heterocycles. The van der Waals surface area contributed by atoms with Crippen molar-refractivity contribution < 1.29 is 9.18 Å². The van der Waals surface area contributed by atoms with Crippen LogP contribution in [0.15, 0.2) is 53.3 Å². The number of aryl methyl sites for hydroxylation is 1. The van der Waals surface area contributed by atoms with Gasteiger partial charge in [0, 0.05) is 5.69 Å². The van der Waals surface area contributed by atoms with Crippen LogP contribution < -0.4 is 10.9 Å². The van der Waals surface area contributed by atoms with E-state index in [0.717, 1.165) is 5.52 Å². The van der Waals surface area contributed by atoms with Gasteiger partial charge in [-0.2, -0.15) is 0 Å². The molecule has 0 saturated carbocycles. The zero-order chi connectivity index (χ0) is 18.3. The van der Waals surface area contributed by atoms with Crippen molar-refractivity contribution in [1.29, 1.82) is 0 Å². The summed E-state index contributed by atoms with van der Waals surface area (Å²) >= 11 is 0. The highest BCUT2D eigenvalue weighted by Gasteiger charge is 2.16. The second-order valence-corrected chi connectivity index (χ2v) is 5.84. The normalized spacial score (nSPS) is 11.2. The SMILES string of the molecule is Cc1nnc2c(=O)n(CC(=O)Nc3cccc(F)c3)c3ccccc3n12. The van der Waals surface area contributed by atoms with Crippen LogP contribution in [0.3, 0.4) is 0 Å². The van der Waals surface area contributed by atoms with Crippen LogP contribution >= 0.6 is 0 Å². The Morgan fingerprint density at radius 3 is 2.65 bits per heavy atom. The van der Waals surface area contributed by atoms with E-state index < -0.39 is 17.3 Å². The summed E-state index contributed by atoms with van der Waals surface area (Å²) in [6.07, 6.45) is 0. The zero-order valence-corrected chi connectivity index (χ0v) is 13.8. The molecule has 1 amide bonds. The topological polar surface area (TPSA) is 81.3 Å². The fraction of sp³-hybridized carbons (Fsp3) is 0.111. The Morgan fingerprint density at radius 1 is 1.12 bits per heavy atom. The maximum absolute atomic E-state index is 13.3. The molecule has 0 aliphatic carbocycles. The minimum absolute atomic E-state index is 0.153. The summed E-state index contributed by atoms with van der Waals surface area (Å²) in [7, 11) is 0. The summed E-state index contributed by atoms with van der Waals surface area (Å²) in [6.45, 7) is 1.53. The molecular weight excluding hydrogens is 337 g/mol. The van der Waals surface area contributed by atoms with Crippen molar-refractivity contribution >= 4 is 28.3 Å². The van der Waals surface area contributed by atoms with Crippen LogP contribution in [-0.4, -0.2) is 25.1 Å². The summed E-state index contributed by atoms with van der Waals surface area (Å²) < 4.78 is 16.3. The van der Waals surface area contributed by atoms with E-state index in [0.29, 0.717) is 17.0 Å². The van der Waals surface area contributed by atoms with Gasteiger partial charge in [-0.05, 0) is 37.3 Å². The first-order chi connectivity index (χ1) is 12.5. The van der Waals surface area contributed by atoms with Gasteiger partial charge in [-0.25, -0.2) is 4.39 Å². The third kappa shape index (κ3) is 2.61. The molecule has 1 N–H and O–H groups in total. The monoisotopic (exact) mass is 351 g/mol.